The van der Waals surface area contributed by atoms with Gasteiger partial charge in [0, 0.05) is 5.56 Å². The molecule has 1 heterocycles. The lowest BCUT2D eigenvalue weighted by molar-refractivity contribution is -0.137. The van der Waals surface area contributed by atoms with Crippen LogP contribution in [0.2, 0.25) is 0 Å². The molecule has 0 amide bonds. The van der Waals surface area contributed by atoms with E-state index in [4.69, 9.17) is 16.4 Å². The number of hydroxylamine groups is 2. The summed E-state index contributed by atoms with van der Waals surface area (Å²) in [5, 5.41) is 11.6. The second-order valence-electron chi connectivity index (χ2n) is 5.51. The fourth-order valence-electron chi connectivity index (χ4n) is 1.98. The van der Waals surface area contributed by atoms with Crippen LogP contribution in [0.25, 0.3) is 5.76 Å². The summed E-state index contributed by atoms with van der Waals surface area (Å²) in [6.45, 7) is 3.76. The van der Waals surface area contributed by atoms with E-state index in [0.717, 1.165) is 12.1 Å². The molecular formula is C14H15ClF3NO2. The standard InChI is InChI=1S/C14H15ClF3NO2/c1-13(2,20)8-19-7-11(15)12(21-19)9-3-5-10(6-4-9)14(16,17)18/h3-6,20H,7-8H2,1-2H3. The number of rotatable bonds is 3. The van der Waals surface area contributed by atoms with Crippen molar-refractivity contribution in [3.05, 3.63) is 40.4 Å². The maximum absolute atomic E-state index is 12.5. The first-order valence-electron chi connectivity index (χ1n) is 6.28. The number of benzene rings is 1. The molecule has 0 aromatic heterocycles. The van der Waals surface area contributed by atoms with Crippen LogP contribution in [0.4, 0.5) is 13.2 Å². The minimum atomic E-state index is -4.37. The van der Waals surface area contributed by atoms with Gasteiger partial charge in [-0.3, -0.25) is 0 Å². The lowest BCUT2D eigenvalue weighted by Crippen LogP contribution is -2.36. The molecule has 1 aromatic carbocycles. The molecule has 1 aliphatic rings. The fraction of sp³-hybridized carbons (Fsp3) is 0.429. The summed E-state index contributed by atoms with van der Waals surface area (Å²) in [5.41, 5.74) is -1.23. The van der Waals surface area contributed by atoms with Gasteiger partial charge in [-0.15, -0.1) is 5.06 Å². The van der Waals surface area contributed by atoms with Gasteiger partial charge in [-0.05, 0) is 26.0 Å². The van der Waals surface area contributed by atoms with Crippen LogP contribution in [0.1, 0.15) is 25.0 Å². The van der Waals surface area contributed by atoms with Gasteiger partial charge in [0.1, 0.15) is 0 Å². The molecular weight excluding hydrogens is 307 g/mol. The van der Waals surface area contributed by atoms with E-state index >= 15 is 0 Å². The van der Waals surface area contributed by atoms with Crippen LogP contribution in [0.3, 0.4) is 0 Å². The van der Waals surface area contributed by atoms with Crippen molar-refractivity contribution in [1.82, 2.24) is 5.06 Å². The van der Waals surface area contributed by atoms with E-state index in [2.05, 4.69) is 0 Å². The molecule has 1 aromatic rings. The molecule has 0 aliphatic carbocycles. The fourth-order valence-corrected chi connectivity index (χ4v) is 2.25. The number of nitrogens with zero attached hydrogens (tertiary/aromatic N) is 1. The number of hydrogen-bond acceptors (Lipinski definition) is 3. The van der Waals surface area contributed by atoms with E-state index in [1.165, 1.54) is 17.2 Å². The first kappa shape index (κ1) is 16.1. The number of hydrogen-bond donors (Lipinski definition) is 1. The highest BCUT2D eigenvalue weighted by molar-refractivity contribution is 6.32. The topological polar surface area (TPSA) is 32.7 Å². The van der Waals surface area contributed by atoms with Gasteiger partial charge in [-0.2, -0.15) is 13.2 Å². The van der Waals surface area contributed by atoms with E-state index in [1.54, 1.807) is 13.8 Å². The van der Waals surface area contributed by atoms with Crippen molar-refractivity contribution in [3.8, 4) is 0 Å². The molecule has 2 rings (SSSR count). The van der Waals surface area contributed by atoms with Gasteiger partial charge < -0.3 is 9.94 Å². The van der Waals surface area contributed by atoms with Gasteiger partial charge in [0.2, 0.25) is 0 Å². The van der Waals surface area contributed by atoms with Crippen LogP contribution < -0.4 is 0 Å². The van der Waals surface area contributed by atoms with Crippen LogP contribution in [0.5, 0.6) is 0 Å². The monoisotopic (exact) mass is 321 g/mol. The predicted octanol–water partition coefficient (Wildman–Crippen LogP) is 3.63. The summed E-state index contributed by atoms with van der Waals surface area (Å²) < 4.78 is 37.5. The second-order valence-corrected chi connectivity index (χ2v) is 5.97. The molecule has 7 heteroatoms. The molecule has 116 valence electrons. The smallest absolute Gasteiger partial charge is 0.404 e. The van der Waals surface area contributed by atoms with Crippen molar-refractivity contribution >= 4 is 17.4 Å². The summed E-state index contributed by atoms with van der Waals surface area (Å²) in [6.07, 6.45) is -4.37. The van der Waals surface area contributed by atoms with Gasteiger partial charge in [-0.1, -0.05) is 23.7 Å². The van der Waals surface area contributed by atoms with Gasteiger partial charge in [0.05, 0.1) is 29.3 Å². The lowest BCUT2D eigenvalue weighted by Gasteiger charge is -2.24. The molecule has 1 aliphatic heterocycles. The van der Waals surface area contributed by atoms with Crippen LogP contribution in [-0.2, 0) is 11.0 Å². The summed E-state index contributed by atoms with van der Waals surface area (Å²) in [6, 6.07) is 4.59. The van der Waals surface area contributed by atoms with Crippen molar-refractivity contribution < 1.29 is 23.1 Å². The quantitative estimate of drug-likeness (QED) is 0.922. The van der Waals surface area contributed by atoms with E-state index in [-0.39, 0.29) is 13.1 Å². The van der Waals surface area contributed by atoms with Crippen molar-refractivity contribution in [2.75, 3.05) is 13.1 Å². The molecule has 0 saturated heterocycles. The van der Waals surface area contributed by atoms with E-state index in [1.807, 2.05) is 0 Å². The number of aliphatic hydroxyl groups is 1. The third kappa shape index (κ3) is 4.12. The zero-order valence-corrected chi connectivity index (χ0v) is 12.3. The van der Waals surface area contributed by atoms with Crippen LogP contribution >= 0.6 is 11.6 Å². The first-order chi connectivity index (χ1) is 9.56. The van der Waals surface area contributed by atoms with Crippen LogP contribution in [-0.4, -0.2) is 28.9 Å². The Kier molecular flexibility index (Phi) is 4.24. The molecule has 0 saturated carbocycles. The molecule has 3 nitrogen and oxygen atoms in total. The Bertz CT molecular complexity index is 547. The van der Waals surface area contributed by atoms with Gasteiger partial charge in [-0.25, -0.2) is 0 Å². The van der Waals surface area contributed by atoms with Gasteiger partial charge in [0.25, 0.3) is 0 Å². The molecule has 21 heavy (non-hydrogen) atoms. The third-order valence-corrected chi connectivity index (χ3v) is 3.11. The summed E-state index contributed by atoms with van der Waals surface area (Å²) in [7, 11) is 0. The van der Waals surface area contributed by atoms with Crippen molar-refractivity contribution in [1.29, 1.82) is 0 Å². The first-order valence-corrected chi connectivity index (χ1v) is 6.66. The minimum absolute atomic E-state index is 0.230. The number of β-amino-alcohol motifs (C(OH)–C–C–N with tert-alkyl or cyclic N) is 1. The highest BCUT2D eigenvalue weighted by atomic mass is 35.5. The summed E-state index contributed by atoms with van der Waals surface area (Å²) in [5.74, 6) is 0.314. The Hall–Kier alpha value is -1.24. The van der Waals surface area contributed by atoms with Gasteiger partial charge >= 0.3 is 6.18 Å². The molecule has 0 fully saturated rings. The Morgan fingerprint density at radius 1 is 1.24 bits per heavy atom. The normalized spacial score (nSPS) is 17.3. The maximum Gasteiger partial charge on any atom is 0.416 e. The number of halogens is 4. The van der Waals surface area contributed by atoms with E-state index in [9.17, 15) is 18.3 Å². The Labute approximate surface area is 125 Å². The third-order valence-electron chi connectivity index (χ3n) is 2.82. The zero-order chi connectivity index (χ0) is 15.8. The number of alkyl halides is 3. The van der Waals surface area contributed by atoms with Gasteiger partial charge in [0.15, 0.2) is 5.76 Å². The largest absolute Gasteiger partial charge is 0.416 e. The van der Waals surface area contributed by atoms with Crippen molar-refractivity contribution in [2.24, 2.45) is 0 Å². The highest BCUT2D eigenvalue weighted by Crippen LogP contribution is 2.34. The Morgan fingerprint density at radius 2 is 1.81 bits per heavy atom. The molecule has 0 bridgehead atoms. The van der Waals surface area contributed by atoms with Crippen molar-refractivity contribution in [2.45, 2.75) is 25.6 Å². The van der Waals surface area contributed by atoms with E-state index < -0.39 is 17.3 Å². The zero-order valence-electron chi connectivity index (χ0n) is 11.5. The molecule has 0 atom stereocenters. The molecule has 1 N–H and O–H groups in total. The SMILES string of the molecule is CC(C)(O)CN1CC(Cl)=C(c2ccc(C(F)(F)F)cc2)O1. The summed E-state index contributed by atoms with van der Waals surface area (Å²) >= 11 is 6.08. The maximum atomic E-state index is 12.5. The molecule has 0 radical (unpaired) electrons. The minimum Gasteiger partial charge on any atom is -0.404 e. The van der Waals surface area contributed by atoms with Crippen molar-refractivity contribution in [3.63, 3.8) is 0 Å². The second kappa shape index (κ2) is 5.51. The molecule has 0 unspecified atom stereocenters. The predicted molar refractivity (Wildman–Crippen MR) is 73.2 cm³/mol. The average Bonchev–Trinajstić information content (AvgIpc) is 2.66. The van der Waals surface area contributed by atoms with Crippen LogP contribution in [0.15, 0.2) is 29.3 Å². The Balaban J connectivity index is 2.14. The van der Waals surface area contributed by atoms with Crippen LogP contribution in [0, 0.1) is 0 Å². The Morgan fingerprint density at radius 3 is 2.29 bits per heavy atom. The lowest BCUT2D eigenvalue weighted by atomic mass is 10.1. The summed E-state index contributed by atoms with van der Waals surface area (Å²) in [4.78, 5) is 5.50. The highest BCUT2D eigenvalue weighted by Gasteiger charge is 2.32. The van der Waals surface area contributed by atoms with E-state index in [0.29, 0.717) is 16.4 Å². The average molecular weight is 322 g/mol. The molecule has 0 spiro atoms.